The minimum absolute atomic E-state index is 0.0283. The molecule has 166 valence electrons. The molecule has 0 aliphatic heterocycles. The van der Waals surface area contributed by atoms with Crippen LogP contribution >= 0.6 is 0 Å². The van der Waals surface area contributed by atoms with Gasteiger partial charge in [0, 0.05) is 5.56 Å². The Bertz CT molecular complexity index is 1050. The molecule has 1 unspecified atom stereocenters. The number of amides is 2. The van der Waals surface area contributed by atoms with Crippen molar-refractivity contribution in [1.29, 1.82) is 5.26 Å². The summed E-state index contributed by atoms with van der Waals surface area (Å²) in [4.78, 5) is 12.8. The summed E-state index contributed by atoms with van der Waals surface area (Å²) in [6.45, 7) is 10.6. The number of carbonyl (C=O) groups excluding carboxylic acids is 1. The van der Waals surface area contributed by atoms with Crippen molar-refractivity contribution < 1.29 is 18.5 Å². The first-order valence-electron chi connectivity index (χ1n) is 9.94. The molecule has 2 aromatic rings. The molecule has 8 heteroatoms. The Balaban J connectivity index is 2.35. The van der Waals surface area contributed by atoms with Gasteiger partial charge in [0.25, 0.3) is 0 Å². The number of aliphatic hydroxyl groups is 1. The molecular weight excluding hydrogens is 417 g/mol. The maximum atomic E-state index is 14.5. The van der Waals surface area contributed by atoms with Gasteiger partial charge in [-0.05, 0) is 61.1 Å². The maximum absolute atomic E-state index is 14.5. The number of hydrogen-bond donors (Lipinski definition) is 3. The molecular formula is C23H28FN3O3S. The van der Waals surface area contributed by atoms with E-state index in [1.165, 1.54) is 24.3 Å². The van der Waals surface area contributed by atoms with Crippen LogP contribution in [0.1, 0.15) is 75.6 Å². The molecule has 0 aliphatic rings. The highest BCUT2D eigenvalue weighted by molar-refractivity contribution is 7.83. The van der Waals surface area contributed by atoms with Crippen molar-refractivity contribution in [1.82, 2.24) is 4.72 Å². The van der Waals surface area contributed by atoms with Gasteiger partial charge in [0.1, 0.15) is 5.82 Å². The molecule has 0 radical (unpaired) electrons. The number of urea groups is 1. The molecule has 0 heterocycles. The van der Waals surface area contributed by atoms with E-state index in [9.17, 15) is 23.8 Å². The molecule has 0 fully saturated rings. The highest BCUT2D eigenvalue weighted by Crippen LogP contribution is 2.34. The van der Waals surface area contributed by atoms with E-state index in [2.05, 4.69) is 10.0 Å². The average molecular weight is 446 g/mol. The normalized spacial score (nSPS) is 12.5. The number of carbonyl (C=O) groups is 1. The lowest BCUT2D eigenvalue weighted by atomic mass is 9.92. The smallest absolute Gasteiger partial charge is 0.331 e. The van der Waals surface area contributed by atoms with E-state index in [0.717, 1.165) is 5.56 Å². The van der Waals surface area contributed by atoms with Crippen LogP contribution < -0.4 is 10.0 Å². The molecule has 31 heavy (non-hydrogen) atoms. The summed E-state index contributed by atoms with van der Waals surface area (Å²) in [6.07, 6.45) is 0. The molecule has 0 aromatic heterocycles. The molecule has 0 bridgehead atoms. The summed E-state index contributed by atoms with van der Waals surface area (Å²) in [5, 5.41) is 22.1. The van der Waals surface area contributed by atoms with Crippen molar-refractivity contribution in [3.05, 3.63) is 58.4 Å². The second kappa shape index (κ2) is 9.58. The number of halogens is 1. The van der Waals surface area contributed by atoms with Crippen molar-refractivity contribution >= 4 is 22.7 Å². The number of benzene rings is 2. The third kappa shape index (κ3) is 5.90. The van der Waals surface area contributed by atoms with E-state index in [1.807, 2.05) is 33.8 Å². The highest BCUT2D eigenvalue weighted by atomic mass is 32.2. The molecule has 6 nitrogen and oxygen atoms in total. The monoisotopic (exact) mass is 445 g/mol. The largest absolute Gasteiger partial charge is 0.386 e. The Morgan fingerprint density at radius 2 is 1.81 bits per heavy atom. The standard InChI is InChI=1S/C23H28FN3O3S/c1-13(2)18-7-8-19(24)20(14(3)4)21(18)26-22(28)27-31(30)17-10-15(12-25)9-16(11-17)23(5,6)29/h7-11,13-14,29H,1-6H3,(H2,26,27,28). The van der Waals surface area contributed by atoms with E-state index in [0.29, 0.717) is 16.8 Å². The predicted molar refractivity (Wildman–Crippen MR) is 120 cm³/mol. The van der Waals surface area contributed by atoms with Gasteiger partial charge in [-0.25, -0.2) is 13.4 Å². The van der Waals surface area contributed by atoms with Gasteiger partial charge in [0.05, 0.1) is 27.8 Å². The van der Waals surface area contributed by atoms with Crippen LogP contribution in [0.3, 0.4) is 0 Å². The third-order valence-electron chi connectivity index (χ3n) is 4.80. The van der Waals surface area contributed by atoms with Crippen molar-refractivity contribution in [2.75, 3.05) is 5.32 Å². The average Bonchev–Trinajstić information content (AvgIpc) is 2.66. The first-order chi connectivity index (χ1) is 14.3. The van der Waals surface area contributed by atoms with Crippen LogP contribution in [0.25, 0.3) is 0 Å². The Hall–Kier alpha value is -2.76. The SMILES string of the molecule is CC(C)c1ccc(F)c(C(C)C)c1NC(=O)NS(=O)c1cc(C#N)cc(C(C)(C)O)c1. The number of hydrogen-bond acceptors (Lipinski definition) is 4. The molecule has 2 amide bonds. The van der Waals surface area contributed by atoms with E-state index in [1.54, 1.807) is 19.9 Å². The summed E-state index contributed by atoms with van der Waals surface area (Å²) < 4.78 is 29.6. The number of rotatable bonds is 6. The molecule has 0 saturated heterocycles. The summed E-state index contributed by atoms with van der Waals surface area (Å²) >= 11 is 0. The number of nitrogens with zero attached hydrogens (tertiary/aromatic N) is 1. The van der Waals surface area contributed by atoms with Gasteiger partial charge in [-0.2, -0.15) is 5.26 Å². The van der Waals surface area contributed by atoms with Crippen LogP contribution in [0.15, 0.2) is 35.2 Å². The van der Waals surface area contributed by atoms with E-state index in [4.69, 9.17) is 0 Å². The van der Waals surface area contributed by atoms with Crippen molar-refractivity contribution in [3.63, 3.8) is 0 Å². The number of nitriles is 1. The molecule has 0 spiro atoms. The van der Waals surface area contributed by atoms with Crippen LogP contribution in [0.2, 0.25) is 0 Å². The fourth-order valence-electron chi connectivity index (χ4n) is 3.20. The molecule has 0 saturated carbocycles. The zero-order valence-corrected chi connectivity index (χ0v) is 19.4. The third-order valence-corrected chi connectivity index (χ3v) is 5.84. The minimum atomic E-state index is -2.00. The lowest BCUT2D eigenvalue weighted by Gasteiger charge is -2.21. The predicted octanol–water partition coefficient (Wildman–Crippen LogP) is 5.02. The van der Waals surface area contributed by atoms with E-state index in [-0.39, 0.29) is 22.3 Å². The summed E-state index contributed by atoms with van der Waals surface area (Å²) in [7, 11) is -2.00. The second-order valence-electron chi connectivity index (χ2n) is 8.48. The van der Waals surface area contributed by atoms with Gasteiger partial charge in [-0.15, -0.1) is 0 Å². The van der Waals surface area contributed by atoms with Gasteiger partial charge in [0.15, 0.2) is 11.0 Å². The fourth-order valence-corrected chi connectivity index (χ4v) is 4.01. The van der Waals surface area contributed by atoms with Crippen LogP contribution in [-0.2, 0) is 16.6 Å². The Kier molecular flexibility index (Phi) is 7.58. The van der Waals surface area contributed by atoms with Gasteiger partial charge >= 0.3 is 6.03 Å². The van der Waals surface area contributed by atoms with Gasteiger partial charge in [-0.3, -0.25) is 4.72 Å². The highest BCUT2D eigenvalue weighted by Gasteiger charge is 2.22. The fraction of sp³-hybridized carbons (Fsp3) is 0.391. The summed E-state index contributed by atoms with van der Waals surface area (Å²) in [5.74, 6) is -0.575. The first kappa shape index (κ1) is 24.5. The molecule has 0 aliphatic carbocycles. The molecule has 1 atom stereocenters. The van der Waals surface area contributed by atoms with E-state index >= 15 is 0 Å². The summed E-state index contributed by atoms with van der Waals surface area (Å²) in [5.41, 5.74) is 0.853. The Morgan fingerprint density at radius 1 is 1.16 bits per heavy atom. The van der Waals surface area contributed by atoms with Gasteiger partial charge < -0.3 is 10.4 Å². The van der Waals surface area contributed by atoms with Gasteiger partial charge in [-0.1, -0.05) is 33.8 Å². The van der Waals surface area contributed by atoms with E-state index < -0.39 is 28.4 Å². The maximum Gasteiger partial charge on any atom is 0.331 e. The molecule has 2 aromatic carbocycles. The first-order valence-corrected chi connectivity index (χ1v) is 11.1. The van der Waals surface area contributed by atoms with Gasteiger partial charge in [0.2, 0.25) is 0 Å². The van der Waals surface area contributed by atoms with Crippen molar-refractivity contribution in [2.45, 2.75) is 63.9 Å². The zero-order chi connectivity index (χ0) is 23.5. The Morgan fingerprint density at radius 3 is 2.32 bits per heavy atom. The second-order valence-corrected chi connectivity index (χ2v) is 9.69. The quantitative estimate of drug-likeness (QED) is 0.581. The number of anilines is 1. The van der Waals surface area contributed by atoms with Crippen LogP contribution in [-0.4, -0.2) is 15.3 Å². The van der Waals surface area contributed by atoms with Crippen molar-refractivity contribution in [2.24, 2.45) is 0 Å². The van der Waals surface area contributed by atoms with Crippen LogP contribution in [0, 0.1) is 17.1 Å². The Labute approximate surface area is 185 Å². The van der Waals surface area contributed by atoms with Crippen LogP contribution in [0.5, 0.6) is 0 Å². The topological polar surface area (TPSA) is 102 Å². The van der Waals surface area contributed by atoms with Crippen LogP contribution in [0.4, 0.5) is 14.9 Å². The molecule has 2 rings (SSSR count). The zero-order valence-electron chi connectivity index (χ0n) is 18.5. The lowest BCUT2D eigenvalue weighted by Crippen LogP contribution is -2.32. The minimum Gasteiger partial charge on any atom is -0.386 e. The summed E-state index contributed by atoms with van der Waals surface area (Å²) in [6, 6.07) is 8.56. The lowest BCUT2D eigenvalue weighted by molar-refractivity contribution is 0.0783. The molecule has 3 N–H and O–H groups in total. The number of nitrogens with one attached hydrogen (secondary N) is 2. The van der Waals surface area contributed by atoms with Crippen molar-refractivity contribution in [3.8, 4) is 6.07 Å².